The van der Waals surface area contributed by atoms with Gasteiger partial charge in [-0.25, -0.2) is 0 Å². The lowest BCUT2D eigenvalue weighted by atomic mass is 9.97. The molecule has 0 spiro atoms. The first-order valence-electron chi connectivity index (χ1n) is 6.93. The molecule has 2 aromatic rings. The van der Waals surface area contributed by atoms with Crippen molar-refractivity contribution in [3.8, 4) is 11.5 Å². The first-order chi connectivity index (χ1) is 10.2. The topological polar surface area (TPSA) is 30.5 Å². The van der Waals surface area contributed by atoms with E-state index < -0.39 is 0 Å². The summed E-state index contributed by atoms with van der Waals surface area (Å²) in [5, 5.41) is 3.97. The maximum atomic E-state index is 6.40. The fourth-order valence-electron chi connectivity index (χ4n) is 2.35. The van der Waals surface area contributed by atoms with Crippen molar-refractivity contribution >= 4 is 11.6 Å². The predicted octanol–water partition coefficient (Wildman–Crippen LogP) is 4.06. The van der Waals surface area contributed by atoms with Gasteiger partial charge < -0.3 is 14.8 Å². The van der Waals surface area contributed by atoms with Crippen molar-refractivity contribution in [2.45, 2.75) is 13.0 Å². The zero-order valence-electron chi connectivity index (χ0n) is 12.5. The number of nitrogens with one attached hydrogen (secondary N) is 1. The number of hydrogen-bond donors (Lipinski definition) is 1. The second-order valence-corrected chi connectivity index (χ2v) is 4.99. The van der Waals surface area contributed by atoms with Crippen molar-refractivity contribution in [3.05, 3.63) is 58.6 Å². The van der Waals surface area contributed by atoms with E-state index in [2.05, 4.69) is 5.32 Å². The number of halogens is 1. The van der Waals surface area contributed by atoms with Crippen LogP contribution < -0.4 is 14.8 Å². The van der Waals surface area contributed by atoms with Crippen molar-refractivity contribution in [1.82, 2.24) is 5.32 Å². The van der Waals surface area contributed by atoms with Crippen LogP contribution in [0.1, 0.15) is 24.1 Å². The minimum atomic E-state index is -0.0360. The summed E-state index contributed by atoms with van der Waals surface area (Å²) in [4.78, 5) is 0. The highest BCUT2D eigenvalue weighted by atomic mass is 35.5. The summed E-state index contributed by atoms with van der Waals surface area (Å²) in [6.07, 6.45) is 0. The van der Waals surface area contributed by atoms with Crippen molar-refractivity contribution in [2.24, 2.45) is 0 Å². The zero-order chi connectivity index (χ0) is 15.2. The first kappa shape index (κ1) is 15.7. The highest BCUT2D eigenvalue weighted by Gasteiger charge is 2.19. The predicted molar refractivity (Wildman–Crippen MR) is 86.5 cm³/mol. The van der Waals surface area contributed by atoms with Crippen LogP contribution in [0, 0.1) is 0 Å². The molecule has 0 bridgehead atoms. The third-order valence-electron chi connectivity index (χ3n) is 3.34. The van der Waals surface area contributed by atoms with Crippen LogP contribution in [0.4, 0.5) is 0 Å². The van der Waals surface area contributed by atoms with Crippen molar-refractivity contribution in [3.63, 3.8) is 0 Å². The Kier molecular flexibility index (Phi) is 5.48. The molecule has 0 aliphatic rings. The molecular formula is C17H20ClNO2. The van der Waals surface area contributed by atoms with Gasteiger partial charge in [0.25, 0.3) is 0 Å². The van der Waals surface area contributed by atoms with Gasteiger partial charge in [-0.2, -0.15) is 0 Å². The summed E-state index contributed by atoms with van der Waals surface area (Å²) in [6, 6.07) is 13.7. The Morgan fingerprint density at radius 2 is 1.90 bits per heavy atom. The molecule has 0 heterocycles. The van der Waals surface area contributed by atoms with Gasteiger partial charge in [0.1, 0.15) is 11.5 Å². The van der Waals surface area contributed by atoms with Crippen LogP contribution in [0.2, 0.25) is 5.02 Å². The van der Waals surface area contributed by atoms with Gasteiger partial charge in [0.05, 0.1) is 19.8 Å². The van der Waals surface area contributed by atoms with E-state index in [1.165, 1.54) is 0 Å². The van der Waals surface area contributed by atoms with Gasteiger partial charge in [-0.05, 0) is 37.7 Å². The van der Waals surface area contributed by atoms with Gasteiger partial charge in [-0.15, -0.1) is 0 Å². The Morgan fingerprint density at radius 3 is 2.52 bits per heavy atom. The van der Waals surface area contributed by atoms with E-state index in [1.807, 2.05) is 56.4 Å². The minimum Gasteiger partial charge on any atom is -0.497 e. The fourth-order valence-corrected chi connectivity index (χ4v) is 2.63. The molecule has 2 aromatic carbocycles. The molecule has 0 saturated carbocycles. The molecule has 0 aliphatic carbocycles. The largest absolute Gasteiger partial charge is 0.497 e. The van der Waals surface area contributed by atoms with E-state index in [0.29, 0.717) is 11.6 Å². The molecule has 21 heavy (non-hydrogen) atoms. The Bertz CT molecular complexity index is 601. The Hall–Kier alpha value is -1.71. The smallest absolute Gasteiger partial charge is 0.124 e. The second-order valence-electron chi connectivity index (χ2n) is 4.58. The van der Waals surface area contributed by atoms with E-state index in [-0.39, 0.29) is 6.04 Å². The van der Waals surface area contributed by atoms with Gasteiger partial charge in [0.15, 0.2) is 0 Å². The Balaban J connectivity index is 2.44. The Labute approximate surface area is 130 Å². The summed E-state index contributed by atoms with van der Waals surface area (Å²) in [7, 11) is 3.54. The summed E-state index contributed by atoms with van der Waals surface area (Å²) in [6.45, 7) is 2.61. The van der Waals surface area contributed by atoms with Crippen LogP contribution in [-0.2, 0) is 0 Å². The lowest BCUT2D eigenvalue weighted by molar-refractivity contribution is 0.334. The summed E-state index contributed by atoms with van der Waals surface area (Å²) in [5.41, 5.74) is 2.06. The minimum absolute atomic E-state index is 0.0360. The van der Waals surface area contributed by atoms with Gasteiger partial charge >= 0.3 is 0 Å². The first-order valence-corrected chi connectivity index (χ1v) is 7.31. The monoisotopic (exact) mass is 305 g/mol. The van der Waals surface area contributed by atoms with Crippen molar-refractivity contribution < 1.29 is 9.47 Å². The van der Waals surface area contributed by atoms with Crippen LogP contribution in [0.5, 0.6) is 11.5 Å². The molecule has 0 aromatic heterocycles. The molecule has 112 valence electrons. The van der Waals surface area contributed by atoms with E-state index >= 15 is 0 Å². The lowest BCUT2D eigenvalue weighted by Crippen LogP contribution is -2.19. The maximum Gasteiger partial charge on any atom is 0.124 e. The molecule has 0 amide bonds. The molecule has 2 rings (SSSR count). The number of benzene rings is 2. The molecular weight excluding hydrogens is 286 g/mol. The molecule has 0 fully saturated rings. The second kappa shape index (κ2) is 7.34. The van der Waals surface area contributed by atoms with Crippen LogP contribution in [-0.4, -0.2) is 20.8 Å². The van der Waals surface area contributed by atoms with Crippen LogP contribution in [0.25, 0.3) is 0 Å². The van der Waals surface area contributed by atoms with Crippen LogP contribution in [0.3, 0.4) is 0 Å². The number of methoxy groups -OCH3 is 1. The third-order valence-corrected chi connectivity index (χ3v) is 3.66. The van der Waals surface area contributed by atoms with E-state index in [1.54, 1.807) is 7.11 Å². The van der Waals surface area contributed by atoms with Crippen LogP contribution >= 0.6 is 11.6 Å². The molecule has 0 aliphatic heterocycles. The average Bonchev–Trinajstić information content (AvgIpc) is 2.51. The van der Waals surface area contributed by atoms with Crippen molar-refractivity contribution in [2.75, 3.05) is 20.8 Å². The number of rotatable bonds is 6. The van der Waals surface area contributed by atoms with Gasteiger partial charge in [0.2, 0.25) is 0 Å². The fraction of sp³-hybridized carbons (Fsp3) is 0.294. The van der Waals surface area contributed by atoms with Crippen LogP contribution in [0.15, 0.2) is 42.5 Å². The molecule has 0 saturated heterocycles. The maximum absolute atomic E-state index is 6.40. The summed E-state index contributed by atoms with van der Waals surface area (Å²) >= 11 is 6.40. The molecule has 3 nitrogen and oxygen atoms in total. The number of ether oxygens (including phenoxy) is 2. The van der Waals surface area contributed by atoms with Crippen molar-refractivity contribution in [1.29, 1.82) is 0 Å². The zero-order valence-corrected chi connectivity index (χ0v) is 13.3. The SMILES string of the molecule is CCOc1ccccc1C(NC)c1ccc(OC)cc1Cl. The highest BCUT2D eigenvalue weighted by Crippen LogP contribution is 2.34. The van der Waals surface area contributed by atoms with Gasteiger partial charge in [-0.1, -0.05) is 35.9 Å². The lowest BCUT2D eigenvalue weighted by Gasteiger charge is -2.21. The molecule has 0 radical (unpaired) electrons. The molecule has 1 atom stereocenters. The molecule has 1 unspecified atom stereocenters. The molecule has 4 heteroatoms. The molecule has 1 N–H and O–H groups in total. The summed E-state index contributed by atoms with van der Waals surface area (Å²) < 4.78 is 10.9. The normalized spacial score (nSPS) is 12.0. The number of hydrogen-bond acceptors (Lipinski definition) is 3. The van der Waals surface area contributed by atoms with E-state index in [4.69, 9.17) is 21.1 Å². The highest BCUT2D eigenvalue weighted by molar-refractivity contribution is 6.31. The average molecular weight is 306 g/mol. The third kappa shape index (κ3) is 3.49. The summed E-state index contributed by atoms with van der Waals surface area (Å²) in [5.74, 6) is 1.61. The van der Waals surface area contributed by atoms with E-state index in [0.717, 1.165) is 22.6 Å². The van der Waals surface area contributed by atoms with Gasteiger partial charge in [0, 0.05) is 10.6 Å². The van der Waals surface area contributed by atoms with Gasteiger partial charge in [-0.3, -0.25) is 0 Å². The Morgan fingerprint density at radius 1 is 1.14 bits per heavy atom. The standard InChI is InChI=1S/C17H20ClNO2/c1-4-21-16-8-6-5-7-14(16)17(19-2)13-10-9-12(20-3)11-15(13)18/h5-11,17,19H,4H2,1-3H3. The quantitative estimate of drug-likeness (QED) is 0.873. The van der Waals surface area contributed by atoms with E-state index in [9.17, 15) is 0 Å². The number of para-hydroxylation sites is 1.